The zero-order valence-electron chi connectivity index (χ0n) is 16.4. The van der Waals surface area contributed by atoms with Crippen molar-refractivity contribution in [3.05, 3.63) is 48.5 Å². The number of carbonyl (C=O) groups is 2. The van der Waals surface area contributed by atoms with Crippen LogP contribution in [0.25, 0.3) is 11.0 Å². The largest absolute Gasteiger partial charge is 0.451 e. The van der Waals surface area contributed by atoms with E-state index in [1.165, 1.54) is 0 Å². The van der Waals surface area contributed by atoms with Crippen LogP contribution in [0.1, 0.15) is 29.7 Å². The Morgan fingerprint density at radius 3 is 3.00 bits per heavy atom. The van der Waals surface area contributed by atoms with E-state index in [4.69, 9.17) is 9.15 Å². The van der Waals surface area contributed by atoms with Crippen LogP contribution in [0.4, 0.5) is 0 Å². The normalized spacial score (nSPS) is 19.0. The first kappa shape index (κ1) is 19.1. The van der Waals surface area contributed by atoms with Gasteiger partial charge < -0.3 is 23.9 Å². The van der Waals surface area contributed by atoms with E-state index in [-0.39, 0.29) is 42.9 Å². The van der Waals surface area contributed by atoms with Gasteiger partial charge in [-0.2, -0.15) is 0 Å². The number of rotatable bonds is 6. The fourth-order valence-electron chi connectivity index (χ4n) is 3.57. The van der Waals surface area contributed by atoms with Gasteiger partial charge >= 0.3 is 0 Å². The highest BCUT2D eigenvalue weighted by Gasteiger charge is 2.35. The topological polar surface area (TPSA) is 102 Å². The molecule has 0 saturated carbocycles. The number of nitrogens with zero attached hydrogens (tertiary/aromatic N) is 4. The van der Waals surface area contributed by atoms with Crippen molar-refractivity contribution in [1.82, 2.24) is 24.8 Å². The number of fused-ring (bicyclic) bond motifs is 1. The molecule has 3 aromatic rings. The first-order valence-electron chi connectivity index (χ1n) is 9.51. The van der Waals surface area contributed by atoms with Gasteiger partial charge in [0.25, 0.3) is 5.91 Å². The van der Waals surface area contributed by atoms with Crippen molar-refractivity contribution >= 4 is 22.8 Å². The maximum atomic E-state index is 12.6. The Bertz CT molecular complexity index is 994. The summed E-state index contributed by atoms with van der Waals surface area (Å²) in [6.07, 6.45) is 7.47. The van der Waals surface area contributed by atoms with E-state index in [9.17, 15) is 9.59 Å². The highest BCUT2D eigenvalue weighted by Crippen LogP contribution is 2.21. The van der Waals surface area contributed by atoms with Crippen LogP contribution in [0.5, 0.6) is 0 Å². The molecule has 4 rings (SSSR count). The molecule has 2 amide bonds. The Balaban J connectivity index is 1.30. The zero-order chi connectivity index (χ0) is 20.4. The molecular formula is C20H23N5O4. The number of carbonyl (C=O) groups excluding carboxylic acids is 2. The first-order valence-corrected chi connectivity index (χ1v) is 9.51. The summed E-state index contributed by atoms with van der Waals surface area (Å²) in [6.45, 7) is 2.75. The van der Waals surface area contributed by atoms with Gasteiger partial charge in [-0.25, -0.2) is 4.98 Å². The molecule has 4 heterocycles. The molecule has 0 bridgehead atoms. The summed E-state index contributed by atoms with van der Waals surface area (Å²) >= 11 is 0. The van der Waals surface area contributed by atoms with Gasteiger partial charge in [0.05, 0.1) is 6.04 Å². The van der Waals surface area contributed by atoms with E-state index in [0.29, 0.717) is 18.5 Å². The second-order valence-electron chi connectivity index (χ2n) is 7.17. The van der Waals surface area contributed by atoms with Gasteiger partial charge in [-0.1, -0.05) is 0 Å². The molecule has 9 heteroatoms. The molecule has 0 spiro atoms. The lowest BCUT2D eigenvalue weighted by Crippen LogP contribution is -2.45. The Hall–Kier alpha value is -3.20. The van der Waals surface area contributed by atoms with Crippen LogP contribution in [0, 0.1) is 0 Å². The van der Waals surface area contributed by atoms with Gasteiger partial charge in [-0.15, -0.1) is 0 Å². The predicted molar refractivity (Wildman–Crippen MR) is 104 cm³/mol. The van der Waals surface area contributed by atoms with Crippen LogP contribution in [0.2, 0.25) is 0 Å². The number of aromatic nitrogens is 3. The monoisotopic (exact) mass is 397 g/mol. The van der Waals surface area contributed by atoms with Crippen LogP contribution in [-0.4, -0.2) is 56.5 Å². The molecule has 1 aliphatic heterocycles. The SMILES string of the molecule is C[C@@H]1[C@H](NC(=O)c2cc3cnccc3o2)CCN1C(=O)COCc1nccn1C. The highest BCUT2D eigenvalue weighted by atomic mass is 16.5. The molecule has 0 unspecified atom stereocenters. The lowest BCUT2D eigenvalue weighted by molar-refractivity contribution is -0.137. The smallest absolute Gasteiger partial charge is 0.287 e. The fourth-order valence-corrected chi connectivity index (χ4v) is 3.57. The Labute approximate surface area is 167 Å². The first-order chi connectivity index (χ1) is 14.0. The van der Waals surface area contributed by atoms with Crippen molar-refractivity contribution < 1.29 is 18.7 Å². The van der Waals surface area contributed by atoms with Gasteiger partial charge in [0, 0.05) is 49.8 Å². The molecule has 1 aliphatic rings. The average molecular weight is 397 g/mol. The van der Waals surface area contributed by atoms with Crippen molar-refractivity contribution in [2.45, 2.75) is 32.0 Å². The number of nitrogens with one attached hydrogen (secondary N) is 1. The summed E-state index contributed by atoms with van der Waals surface area (Å²) in [5.41, 5.74) is 0.617. The predicted octanol–water partition coefficient (Wildman–Crippen LogP) is 1.50. The lowest BCUT2D eigenvalue weighted by Gasteiger charge is -2.25. The molecule has 1 fully saturated rings. The highest BCUT2D eigenvalue weighted by molar-refractivity contribution is 5.96. The van der Waals surface area contributed by atoms with Gasteiger partial charge in [0.2, 0.25) is 5.91 Å². The molecule has 1 saturated heterocycles. The second-order valence-corrected chi connectivity index (χ2v) is 7.17. The number of hydrogen-bond donors (Lipinski definition) is 1. The van der Waals surface area contributed by atoms with Gasteiger partial charge in [0.15, 0.2) is 5.76 Å². The molecule has 2 atom stereocenters. The maximum Gasteiger partial charge on any atom is 0.287 e. The maximum absolute atomic E-state index is 12.6. The quantitative estimate of drug-likeness (QED) is 0.676. The van der Waals surface area contributed by atoms with E-state index < -0.39 is 0 Å². The van der Waals surface area contributed by atoms with E-state index in [0.717, 1.165) is 11.2 Å². The van der Waals surface area contributed by atoms with Crippen molar-refractivity contribution in [2.24, 2.45) is 7.05 Å². The number of hydrogen-bond acceptors (Lipinski definition) is 6. The van der Waals surface area contributed by atoms with Crippen LogP contribution in [-0.2, 0) is 23.2 Å². The number of likely N-dealkylation sites (tertiary alicyclic amines) is 1. The third kappa shape index (κ3) is 4.00. The second kappa shape index (κ2) is 8.04. The third-order valence-corrected chi connectivity index (χ3v) is 5.31. The number of furan rings is 1. The van der Waals surface area contributed by atoms with Crippen molar-refractivity contribution in [2.75, 3.05) is 13.2 Å². The molecule has 152 valence electrons. The van der Waals surface area contributed by atoms with Crippen LogP contribution in [0.15, 0.2) is 41.3 Å². The summed E-state index contributed by atoms with van der Waals surface area (Å²) < 4.78 is 13.0. The van der Waals surface area contributed by atoms with Crippen LogP contribution in [0.3, 0.4) is 0 Å². The Kier molecular flexibility index (Phi) is 5.30. The summed E-state index contributed by atoms with van der Waals surface area (Å²) in [5.74, 6) is 0.610. The van der Waals surface area contributed by atoms with E-state index in [2.05, 4.69) is 15.3 Å². The Morgan fingerprint density at radius 2 is 2.24 bits per heavy atom. The molecular weight excluding hydrogens is 374 g/mol. The number of imidazole rings is 1. The molecule has 0 aromatic carbocycles. The number of pyridine rings is 1. The van der Waals surface area contributed by atoms with Gasteiger partial charge in [-0.3, -0.25) is 14.6 Å². The van der Waals surface area contributed by atoms with Gasteiger partial charge in [-0.05, 0) is 25.5 Å². The Morgan fingerprint density at radius 1 is 1.38 bits per heavy atom. The third-order valence-electron chi connectivity index (χ3n) is 5.31. The summed E-state index contributed by atoms with van der Waals surface area (Å²) in [6, 6.07) is 3.11. The minimum absolute atomic E-state index is 0.0194. The van der Waals surface area contributed by atoms with E-state index in [1.54, 1.807) is 35.6 Å². The zero-order valence-corrected chi connectivity index (χ0v) is 16.4. The minimum Gasteiger partial charge on any atom is -0.451 e. The van der Waals surface area contributed by atoms with E-state index >= 15 is 0 Å². The van der Waals surface area contributed by atoms with Crippen LogP contribution < -0.4 is 5.32 Å². The molecule has 3 aromatic heterocycles. The number of amides is 2. The van der Waals surface area contributed by atoms with E-state index in [1.807, 2.05) is 24.7 Å². The molecule has 29 heavy (non-hydrogen) atoms. The van der Waals surface area contributed by atoms with Crippen LogP contribution >= 0.6 is 0 Å². The number of aryl methyl sites for hydroxylation is 1. The molecule has 0 aliphatic carbocycles. The molecule has 9 nitrogen and oxygen atoms in total. The summed E-state index contributed by atoms with van der Waals surface area (Å²) in [7, 11) is 1.88. The average Bonchev–Trinajstić information content (AvgIpc) is 3.41. The fraction of sp³-hybridized carbons (Fsp3) is 0.400. The van der Waals surface area contributed by atoms with Crippen molar-refractivity contribution in [1.29, 1.82) is 0 Å². The van der Waals surface area contributed by atoms with Gasteiger partial charge in [0.1, 0.15) is 24.6 Å². The summed E-state index contributed by atoms with van der Waals surface area (Å²) in [4.78, 5) is 35.0. The minimum atomic E-state index is -0.293. The van der Waals surface area contributed by atoms with Crippen molar-refractivity contribution in [3.63, 3.8) is 0 Å². The number of ether oxygens (including phenoxy) is 1. The van der Waals surface area contributed by atoms with Crippen molar-refractivity contribution in [3.8, 4) is 0 Å². The summed E-state index contributed by atoms with van der Waals surface area (Å²) in [5, 5.41) is 3.75. The standard InChI is InChI=1S/C20H23N5O4/c1-13-15(23-20(27)17-9-14-10-21-5-3-16(14)29-17)4-7-25(13)19(26)12-28-11-18-22-6-8-24(18)2/h3,5-6,8-10,13,15H,4,7,11-12H2,1-2H3,(H,23,27)/t13-,15-/m1/s1. The molecule has 1 N–H and O–H groups in total. The lowest BCUT2D eigenvalue weighted by atomic mass is 10.1. The molecule has 0 radical (unpaired) electrons.